The number of aromatic nitrogens is 2. The van der Waals surface area contributed by atoms with E-state index in [9.17, 15) is 8.42 Å². The lowest BCUT2D eigenvalue weighted by atomic mass is 10.1. The highest BCUT2D eigenvalue weighted by atomic mass is 32.2. The SMILES string of the molecule is Cc1ccc(-c2nnc(CN(C)S(=O)(=O)c3ccc(C)cc3)o2)cc1. The van der Waals surface area contributed by atoms with Gasteiger partial charge in [-0.1, -0.05) is 35.4 Å². The first-order valence-electron chi connectivity index (χ1n) is 7.79. The van der Waals surface area contributed by atoms with E-state index in [1.807, 2.05) is 38.1 Å². The van der Waals surface area contributed by atoms with Crippen LogP contribution in [0.1, 0.15) is 17.0 Å². The van der Waals surface area contributed by atoms with Gasteiger partial charge < -0.3 is 4.42 Å². The largest absolute Gasteiger partial charge is 0.419 e. The Morgan fingerprint density at radius 3 is 2.08 bits per heavy atom. The van der Waals surface area contributed by atoms with Gasteiger partial charge in [0.15, 0.2) is 0 Å². The summed E-state index contributed by atoms with van der Waals surface area (Å²) in [5.74, 6) is 0.616. The molecule has 0 unspecified atom stereocenters. The second kappa shape index (κ2) is 6.78. The molecule has 0 radical (unpaired) electrons. The molecule has 0 aliphatic heterocycles. The number of hydrogen-bond donors (Lipinski definition) is 0. The van der Waals surface area contributed by atoms with Gasteiger partial charge in [0.2, 0.25) is 21.8 Å². The van der Waals surface area contributed by atoms with Crippen molar-refractivity contribution in [2.75, 3.05) is 7.05 Å². The van der Waals surface area contributed by atoms with Crippen molar-refractivity contribution in [1.82, 2.24) is 14.5 Å². The predicted molar refractivity (Wildman–Crippen MR) is 94.3 cm³/mol. The van der Waals surface area contributed by atoms with Gasteiger partial charge in [-0.15, -0.1) is 10.2 Å². The lowest BCUT2D eigenvalue weighted by Crippen LogP contribution is -2.26. The molecule has 0 bridgehead atoms. The van der Waals surface area contributed by atoms with Crippen LogP contribution >= 0.6 is 0 Å². The summed E-state index contributed by atoms with van der Waals surface area (Å²) in [6.45, 7) is 3.91. The van der Waals surface area contributed by atoms with Gasteiger partial charge in [0.1, 0.15) is 0 Å². The minimum atomic E-state index is -3.61. The zero-order valence-corrected chi connectivity index (χ0v) is 15.1. The minimum absolute atomic E-state index is 0.00900. The molecule has 0 saturated heterocycles. The van der Waals surface area contributed by atoms with Gasteiger partial charge in [0.05, 0.1) is 11.4 Å². The number of hydrogen-bond acceptors (Lipinski definition) is 5. The first-order valence-corrected chi connectivity index (χ1v) is 9.23. The summed E-state index contributed by atoms with van der Waals surface area (Å²) in [4.78, 5) is 0.235. The van der Waals surface area contributed by atoms with Gasteiger partial charge in [-0.25, -0.2) is 8.42 Å². The molecule has 0 spiro atoms. The zero-order valence-electron chi connectivity index (χ0n) is 14.3. The van der Waals surface area contributed by atoms with Crippen LogP contribution in [-0.4, -0.2) is 30.0 Å². The average molecular weight is 357 g/mol. The maximum Gasteiger partial charge on any atom is 0.247 e. The van der Waals surface area contributed by atoms with Crippen LogP contribution < -0.4 is 0 Å². The lowest BCUT2D eigenvalue weighted by Gasteiger charge is -2.15. The summed E-state index contributed by atoms with van der Waals surface area (Å²) in [6, 6.07) is 14.4. The summed E-state index contributed by atoms with van der Waals surface area (Å²) < 4.78 is 32.0. The molecule has 3 rings (SSSR count). The third kappa shape index (κ3) is 3.78. The molecular formula is C18H19N3O3S. The van der Waals surface area contributed by atoms with E-state index < -0.39 is 10.0 Å². The van der Waals surface area contributed by atoms with Crippen LogP contribution in [0.15, 0.2) is 57.8 Å². The fourth-order valence-electron chi connectivity index (χ4n) is 2.30. The van der Waals surface area contributed by atoms with E-state index in [4.69, 9.17) is 4.42 Å². The van der Waals surface area contributed by atoms with E-state index in [2.05, 4.69) is 10.2 Å². The Hall–Kier alpha value is -2.51. The number of sulfonamides is 1. The molecule has 0 N–H and O–H groups in total. The Labute approximate surface area is 147 Å². The van der Waals surface area contributed by atoms with Crippen molar-refractivity contribution in [3.8, 4) is 11.5 Å². The van der Waals surface area contributed by atoms with E-state index in [-0.39, 0.29) is 17.3 Å². The fourth-order valence-corrected chi connectivity index (χ4v) is 3.42. The van der Waals surface area contributed by atoms with Crippen LogP contribution in [0.2, 0.25) is 0 Å². The Morgan fingerprint density at radius 1 is 0.920 bits per heavy atom. The molecule has 0 aliphatic carbocycles. The molecule has 3 aromatic rings. The van der Waals surface area contributed by atoms with Crippen LogP contribution in [0.3, 0.4) is 0 Å². The van der Waals surface area contributed by atoms with Gasteiger partial charge in [0, 0.05) is 12.6 Å². The highest BCUT2D eigenvalue weighted by Gasteiger charge is 2.23. The Kier molecular flexibility index (Phi) is 4.69. The summed E-state index contributed by atoms with van der Waals surface area (Å²) in [5, 5.41) is 7.95. The Morgan fingerprint density at radius 2 is 1.48 bits per heavy atom. The average Bonchev–Trinajstić information content (AvgIpc) is 3.04. The molecule has 7 heteroatoms. The maximum absolute atomic E-state index is 12.6. The molecule has 25 heavy (non-hydrogen) atoms. The van der Waals surface area contributed by atoms with E-state index in [1.165, 1.54) is 11.4 Å². The summed E-state index contributed by atoms with van der Waals surface area (Å²) in [7, 11) is -2.12. The Bertz CT molecular complexity index is 962. The molecule has 0 fully saturated rings. The maximum atomic E-state index is 12.6. The highest BCUT2D eigenvalue weighted by Crippen LogP contribution is 2.21. The molecule has 2 aromatic carbocycles. The molecule has 1 aromatic heterocycles. The summed E-state index contributed by atoms with van der Waals surface area (Å²) in [5.41, 5.74) is 2.93. The van der Waals surface area contributed by atoms with Gasteiger partial charge >= 0.3 is 0 Å². The molecule has 6 nitrogen and oxygen atoms in total. The molecule has 0 saturated carbocycles. The summed E-state index contributed by atoms with van der Waals surface area (Å²) >= 11 is 0. The number of nitrogens with zero attached hydrogens (tertiary/aromatic N) is 3. The predicted octanol–water partition coefficient (Wildman–Crippen LogP) is 3.17. The topological polar surface area (TPSA) is 76.3 Å². The van der Waals surface area contributed by atoms with Crippen molar-refractivity contribution in [3.63, 3.8) is 0 Å². The number of benzene rings is 2. The summed E-state index contributed by atoms with van der Waals surface area (Å²) in [6.07, 6.45) is 0. The molecule has 1 heterocycles. The van der Waals surface area contributed by atoms with E-state index in [0.29, 0.717) is 5.89 Å². The molecule has 0 atom stereocenters. The quantitative estimate of drug-likeness (QED) is 0.701. The van der Waals surface area contributed by atoms with Crippen LogP contribution in [0.25, 0.3) is 11.5 Å². The van der Waals surface area contributed by atoms with Crippen molar-refractivity contribution in [3.05, 3.63) is 65.5 Å². The highest BCUT2D eigenvalue weighted by molar-refractivity contribution is 7.89. The van der Waals surface area contributed by atoms with Crippen molar-refractivity contribution in [2.24, 2.45) is 0 Å². The molecule has 0 amide bonds. The van der Waals surface area contributed by atoms with Gasteiger partial charge in [0.25, 0.3) is 0 Å². The fraction of sp³-hybridized carbons (Fsp3) is 0.222. The number of aryl methyl sites for hydroxylation is 2. The van der Waals surface area contributed by atoms with Crippen LogP contribution in [0.5, 0.6) is 0 Å². The third-order valence-electron chi connectivity index (χ3n) is 3.85. The van der Waals surface area contributed by atoms with Crippen LogP contribution in [-0.2, 0) is 16.6 Å². The standard InChI is InChI=1S/C18H19N3O3S/c1-13-4-8-15(9-5-13)18-20-19-17(24-18)12-21(3)25(22,23)16-10-6-14(2)7-11-16/h4-11H,12H2,1-3H3. The van der Waals surface area contributed by atoms with Crippen LogP contribution in [0.4, 0.5) is 0 Å². The number of rotatable bonds is 5. The second-order valence-corrected chi connectivity index (χ2v) is 7.99. The van der Waals surface area contributed by atoms with Crippen molar-refractivity contribution in [2.45, 2.75) is 25.3 Å². The van der Waals surface area contributed by atoms with Gasteiger partial charge in [-0.3, -0.25) is 0 Å². The molecule has 130 valence electrons. The molecule has 0 aliphatic rings. The first-order chi connectivity index (χ1) is 11.9. The van der Waals surface area contributed by atoms with E-state index in [0.717, 1.165) is 16.7 Å². The third-order valence-corrected chi connectivity index (χ3v) is 5.67. The Balaban J connectivity index is 1.78. The van der Waals surface area contributed by atoms with E-state index >= 15 is 0 Å². The monoisotopic (exact) mass is 357 g/mol. The first kappa shape index (κ1) is 17.3. The van der Waals surface area contributed by atoms with Crippen molar-refractivity contribution in [1.29, 1.82) is 0 Å². The van der Waals surface area contributed by atoms with Gasteiger partial charge in [-0.2, -0.15) is 4.31 Å². The zero-order chi connectivity index (χ0) is 18.0. The second-order valence-electron chi connectivity index (χ2n) is 5.94. The minimum Gasteiger partial charge on any atom is -0.419 e. The van der Waals surface area contributed by atoms with Crippen molar-refractivity contribution < 1.29 is 12.8 Å². The lowest BCUT2D eigenvalue weighted by molar-refractivity contribution is 0.400. The van der Waals surface area contributed by atoms with Crippen LogP contribution in [0, 0.1) is 13.8 Å². The van der Waals surface area contributed by atoms with E-state index in [1.54, 1.807) is 24.3 Å². The normalized spacial score (nSPS) is 11.8. The van der Waals surface area contributed by atoms with Gasteiger partial charge in [-0.05, 0) is 38.1 Å². The smallest absolute Gasteiger partial charge is 0.247 e. The van der Waals surface area contributed by atoms with Crippen molar-refractivity contribution >= 4 is 10.0 Å². The molecular weight excluding hydrogens is 338 g/mol.